The largest absolute Gasteiger partial charge is 0.478 e. The highest BCUT2D eigenvalue weighted by molar-refractivity contribution is 6.08. The first-order valence-corrected chi connectivity index (χ1v) is 8.95. The van der Waals surface area contributed by atoms with Crippen LogP contribution in [0.4, 0.5) is 11.4 Å². The first-order valence-electron chi connectivity index (χ1n) is 8.95. The Morgan fingerprint density at radius 2 is 1.68 bits per heavy atom. The molecule has 0 spiro atoms. The van der Waals surface area contributed by atoms with Gasteiger partial charge in [-0.15, -0.1) is 0 Å². The number of nitrogens with zero attached hydrogens (tertiary/aromatic N) is 1. The minimum absolute atomic E-state index is 0.0854. The summed E-state index contributed by atoms with van der Waals surface area (Å²) >= 11 is 0. The molecule has 6 heteroatoms. The maximum atomic E-state index is 12.6. The number of amides is 2. The third kappa shape index (κ3) is 3.32. The standard InChI is InChI=1S/C22H18N2O4/c25-20-12-16(21(26)23-17-10-8-15(9-11-17)22(27)28)13-24(20)19-7-3-5-14-4-1-2-6-18(14)19/h1-11,16H,12-13H2,(H,23,26)(H,27,28)/t16-/m1/s1. The fraction of sp³-hybridized carbons (Fsp3) is 0.136. The van der Waals surface area contributed by atoms with Gasteiger partial charge in [-0.25, -0.2) is 4.79 Å². The van der Waals surface area contributed by atoms with E-state index in [0.29, 0.717) is 12.2 Å². The van der Waals surface area contributed by atoms with Gasteiger partial charge in [0.2, 0.25) is 11.8 Å². The number of anilines is 2. The zero-order valence-electron chi connectivity index (χ0n) is 15.0. The maximum Gasteiger partial charge on any atom is 0.335 e. The third-order valence-electron chi connectivity index (χ3n) is 4.95. The monoisotopic (exact) mass is 374 g/mol. The van der Waals surface area contributed by atoms with Crippen molar-refractivity contribution in [3.63, 3.8) is 0 Å². The summed E-state index contributed by atoms with van der Waals surface area (Å²) < 4.78 is 0. The van der Waals surface area contributed by atoms with Crippen LogP contribution in [0.1, 0.15) is 16.8 Å². The van der Waals surface area contributed by atoms with Gasteiger partial charge in [0.15, 0.2) is 0 Å². The van der Waals surface area contributed by atoms with E-state index in [-0.39, 0.29) is 23.8 Å². The molecule has 1 fully saturated rings. The minimum Gasteiger partial charge on any atom is -0.478 e. The number of rotatable bonds is 4. The van der Waals surface area contributed by atoms with Crippen LogP contribution in [0, 0.1) is 5.92 Å². The van der Waals surface area contributed by atoms with Crippen LogP contribution in [0.25, 0.3) is 10.8 Å². The van der Waals surface area contributed by atoms with Gasteiger partial charge in [0, 0.05) is 24.0 Å². The molecule has 3 aromatic rings. The highest BCUT2D eigenvalue weighted by Gasteiger charge is 2.35. The van der Waals surface area contributed by atoms with Crippen LogP contribution in [0.5, 0.6) is 0 Å². The van der Waals surface area contributed by atoms with Gasteiger partial charge in [-0.2, -0.15) is 0 Å². The van der Waals surface area contributed by atoms with Gasteiger partial charge in [0.1, 0.15) is 0 Å². The van der Waals surface area contributed by atoms with Crippen molar-refractivity contribution in [2.24, 2.45) is 5.92 Å². The molecule has 1 aliphatic heterocycles. The Morgan fingerprint density at radius 3 is 2.43 bits per heavy atom. The Balaban J connectivity index is 1.51. The van der Waals surface area contributed by atoms with Crippen LogP contribution in [-0.4, -0.2) is 29.4 Å². The van der Waals surface area contributed by atoms with Gasteiger partial charge < -0.3 is 15.3 Å². The Labute approximate surface area is 161 Å². The summed E-state index contributed by atoms with van der Waals surface area (Å²) in [4.78, 5) is 37.8. The molecule has 2 amide bonds. The first-order chi connectivity index (χ1) is 13.5. The summed E-state index contributed by atoms with van der Waals surface area (Å²) in [6.45, 7) is 0.311. The van der Waals surface area contributed by atoms with Crippen molar-refractivity contribution >= 4 is 39.9 Å². The van der Waals surface area contributed by atoms with E-state index in [1.165, 1.54) is 12.1 Å². The van der Waals surface area contributed by atoms with Crippen molar-refractivity contribution < 1.29 is 19.5 Å². The molecule has 0 saturated carbocycles. The average molecular weight is 374 g/mol. The summed E-state index contributed by atoms with van der Waals surface area (Å²) in [6.07, 6.45) is 0.141. The number of carbonyl (C=O) groups excluding carboxylic acids is 2. The molecule has 4 rings (SSSR count). The lowest BCUT2D eigenvalue weighted by Gasteiger charge is -2.19. The molecular weight excluding hydrogens is 356 g/mol. The fourth-order valence-electron chi connectivity index (χ4n) is 3.50. The number of fused-ring (bicyclic) bond motifs is 1. The van der Waals surface area contributed by atoms with Crippen molar-refractivity contribution in [2.75, 3.05) is 16.8 Å². The van der Waals surface area contributed by atoms with Crippen LogP contribution < -0.4 is 10.2 Å². The molecule has 0 bridgehead atoms. The summed E-state index contributed by atoms with van der Waals surface area (Å²) in [6, 6.07) is 19.6. The van der Waals surface area contributed by atoms with Crippen molar-refractivity contribution in [1.29, 1.82) is 0 Å². The second-order valence-electron chi connectivity index (χ2n) is 6.78. The quantitative estimate of drug-likeness (QED) is 0.731. The number of hydrogen-bond donors (Lipinski definition) is 2. The van der Waals surface area contributed by atoms with E-state index in [0.717, 1.165) is 16.5 Å². The minimum atomic E-state index is -1.02. The molecule has 0 unspecified atom stereocenters. The van der Waals surface area contributed by atoms with E-state index in [4.69, 9.17) is 5.11 Å². The van der Waals surface area contributed by atoms with E-state index in [2.05, 4.69) is 5.32 Å². The highest BCUT2D eigenvalue weighted by Crippen LogP contribution is 2.32. The van der Waals surface area contributed by atoms with Crippen LogP contribution >= 0.6 is 0 Å². The number of aromatic carboxylic acids is 1. The van der Waals surface area contributed by atoms with Crippen LogP contribution in [0.3, 0.4) is 0 Å². The van der Waals surface area contributed by atoms with Gasteiger partial charge in [-0.3, -0.25) is 9.59 Å². The molecule has 1 aliphatic rings. The van der Waals surface area contributed by atoms with E-state index < -0.39 is 11.9 Å². The Morgan fingerprint density at radius 1 is 0.964 bits per heavy atom. The lowest BCUT2D eigenvalue weighted by atomic mass is 10.1. The van der Waals surface area contributed by atoms with Gasteiger partial charge in [-0.1, -0.05) is 36.4 Å². The van der Waals surface area contributed by atoms with E-state index in [1.807, 2.05) is 42.5 Å². The second-order valence-corrected chi connectivity index (χ2v) is 6.78. The van der Waals surface area contributed by atoms with Crippen LogP contribution in [0.15, 0.2) is 66.7 Å². The smallest absolute Gasteiger partial charge is 0.335 e. The van der Waals surface area contributed by atoms with E-state index >= 15 is 0 Å². The molecule has 1 atom stereocenters. The number of carboxylic acid groups (broad SMARTS) is 1. The molecule has 6 nitrogen and oxygen atoms in total. The zero-order chi connectivity index (χ0) is 19.7. The molecule has 2 N–H and O–H groups in total. The predicted octanol–water partition coefficient (Wildman–Crippen LogP) is 3.53. The van der Waals surface area contributed by atoms with Crippen molar-refractivity contribution in [3.05, 3.63) is 72.3 Å². The average Bonchev–Trinajstić information content (AvgIpc) is 3.09. The summed E-state index contributed by atoms with van der Waals surface area (Å²) in [5.41, 5.74) is 1.46. The number of nitrogens with one attached hydrogen (secondary N) is 1. The Hall–Kier alpha value is -3.67. The molecule has 0 aliphatic carbocycles. The van der Waals surface area contributed by atoms with E-state index in [1.54, 1.807) is 17.0 Å². The summed E-state index contributed by atoms with van der Waals surface area (Å²) in [5.74, 6) is -1.83. The van der Waals surface area contributed by atoms with Gasteiger partial charge >= 0.3 is 5.97 Å². The normalized spacial score (nSPS) is 16.4. The lowest BCUT2D eigenvalue weighted by Crippen LogP contribution is -2.28. The van der Waals surface area contributed by atoms with Crippen molar-refractivity contribution in [3.8, 4) is 0 Å². The Kier molecular flexibility index (Phi) is 4.53. The molecule has 1 heterocycles. The topological polar surface area (TPSA) is 86.7 Å². The van der Waals surface area contributed by atoms with Crippen LogP contribution in [-0.2, 0) is 9.59 Å². The molecule has 140 valence electrons. The zero-order valence-corrected chi connectivity index (χ0v) is 15.0. The van der Waals surface area contributed by atoms with Gasteiger partial charge in [0.25, 0.3) is 0 Å². The highest BCUT2D eigenvalue weighted by atomic mass is 16.4. The molecule has 1 saturated heterocycles. The number of carboxylic acids is 1. The van der Waals surface area contributed by atoms with Crippen molar-refractivity contribution in [1.82, 2.24) is 0 Å². The molecular formula is C22H18N2O4. The second kappa shape index (κ2) is 7.15. The van der Waals surface area contributed by atoms with Crippen molar-refractivity contribution in [2.45, 2.75) is 6.42 Å². The molecule has 3 aromatic carbocycles. The van der Waals surface area contributed by atoms with E-state index in [9.17, 15) is 14.4 Å². The SMILES string of the molecule is O=C(O)c1ccc(NC(=O)[C@@H]2CC(=O)N(c3cccc4ccccc34)C2)cc1. The summed E-state index contributed by atoms with van der Waals surface area (Å²) in [5, 5.41) is 13.7. The van der Waals surface area contributed by atoms with Crippen LogP contribution in [0.2, 0.25) is 0 Å². The first kappa shape index (κ1) is 17.7. The summed E-state index contributed by atoms with van der Waals surface area (Å²) in [7, 11) is 0. The fourth-order valence-corrected chi connectivity index (χ4v) is 3.50. The third-order valence-corrected chi connectivity index (χ3v) is 4.95. The predicted molar refractivity (Wildman–Crippen MR) is 106 cm³/mol. The molecule has 0 aromatic heterocycles. The number of benzene rings is 3. The van der Waals surface area contributed by atoms with Gasteiger partial charge in [0.05, 0.1) is 17.2 Å². The maximum absolute atomic E-state index is 12.6. The molecule has 28 heavy (non-hydrogen) atoms. The Bertz CT molecular complexity index is 1070. The number of hydrogen-bond acceptors (Lipinski definition) is 3. The lowest BCUT2D eigenvalue weighted by molar-refractivity contribution is -0.122. The van der Waals surface area contributed by atoms with Gasteiger partial charge in [-0.05, 0) is 35.7 Å². The number of carbonyl (C=O) groups is 3. The molecule has 0 radical (unpaired) electrons.